The minimum Gasteiger partial charge on any atom is -0.416 e. The number of thioether (sulfide) groups is 1. The van der Waals surface area contributed by atoms with Gasteiger partial charge in [-0.3, -0.25) is 0 Å². The SMILES string of the molecule is Cc1nnc(SCC2CCCC2)o1. The van der Waals surface area contributed by atoms with Gasteiger partial charge in [-0.05, 0) is 18.8 Å². The summed E-state index contributed by atoms with van der Waals surface area (Å²) < 4.78 is 5.28. The molecule has 72 valence electrons. The number of rotatable bonds is 3. The number of aromatic nitrogens is 2. The Hall–Kier alpha value is -0.510. The van der Waals surface area contributed by atoms with E-state index < -0.39 is 0 Å². The molecular formula is C9H14N2OS. The molecule has 1 aliphatic carbocycles. The third kappa shape index (κ3) is 2.46. The Morgan fingerprint density at radius 3 is 2.77 bits per heavy atom. The molecule has 0 unspecified atom stereocenters. The summed E-state index contributed by atoms with van der Waals surface area (Å²) in [5.41, 5.74) is 0. The monoisotopic (exact) mass is 198 g/mol. The summed E-state index contributed by atoms with van der Waals surface area (Å²) in [4.78, 5) is 0. The highest BCUT2D eigenvalue weighted by atomic mass is 32.2. The van der Waals surface area contributed by atoms with E-state index >= 15 is 0 Å². The molecule has 0 radical (unpaired) electrons. The van der Waals surface area contributed by atoms with Crippen LogP contribution < -0.4 is 0 Å². The van der Waals surface area contributed by atoms with Crippen LogP contribution in [0.5, 0.6) is 0 Å². The molecule has 1 aliphatic rings. The van der Waals surface area contributed by atoms with Crippen molar-refractivity contribution in [2.24, 2.45) is 5.92 Å². The number of hydrogen-bond acceptors (Lipinski definition) is 4. The van der Waals surface area contributed by atoms with Crippen LogP contribution in [0.25, 0.3) is 0 Å². The minimum atomic E-state index is 0.661. The molecule has 0 amide bonds. The van der Waals surface area contributed by atoms with Crippen molar-refractivity contribution in [1.29, 1.82) is 0 Å². The molecule has 0 aromatic carbocycles. The highest BCUT2D eigenvalue weighted by Gasteiger charge is 2.16. The van der Waals surface area contributed by atoms with Gasteiger partial charge in [0.2, 0.25) is 5.89 Å². The summed E-state index contributed by atoms with van der Waals surface area (Å²) in [5.74, 6) is 2.67. The summed E-state index contributed by atoms with van der Waals surface area (Å²) in [6.45, 7) is 1.83. The van der Waals surface area contributed by atoms with Crippen molar-refractivity contribution in [3.05, 3.63) is 5.89 Å². The first-order chi connectivity index (χ1) is 6.34. The Kier molecular flexibility index (Phi) is 2.88. The maximum absolute atomic E-state index is 5.28. The fraction of sp³-hybridized carbons (Fsp3) is 0.778. The van der Waals surface area contributed by atoms with Gasteiger partial charge in [0, 0.05) is 12.7 Å². The van der Waals surface area contributed by atoms with Crippen molar-refractivity contribution in [3.8, 4) is 0 Å². The van der Waals surface area contributed by atoms with Gasteiger partial charge in [0.25, 0.3) is 5.22 Å². The molecule has 0 saturated heterocycles. The van der Waals surface area contributed by atoms with Crippen molar-refractivity contribution in [2.75, 3.05) is 5.75 Å². The third-order valence-electron chi connectivity index (χ3n) is 2.42. The van der Waals surface area contributed by atoms with Gasteiger partial charge in [0.1, 0.15) is 0 Å². The molecule has 0 N–H and O–H groups in total. The topological polar surface area (TPSA) is 38.9 Å². The zero-order chi connectivity index (χ0) is 9.10. The van der Waals surface area contributed by atoms with Gasteiger partial charge in [-0.25, -0.2) is 0 Å². The predicted octanol–water partition coefficient (Wildman–Crippen LogP) is 2.66. The van der Waals surface area contributed by atoms with Crippen molar-refractivity contribution in [2.45, 2.75) is 37.8 Å². The summed E-state index contributed by atoms with van der Waals surface area (Å²) in [6.07, 6.45) is 5.54. The Labute approximate surface area is 82.3 Å². The molecule has 0 spiro atoms. The Bertz CT molecular complexity index is 268. The van der Waals surface area contributed by atoms with Crippen LogP contribution in [0, 0.1) is 12.8 Å². The first-order valence-electron chi connectivity index (χ1n) is 4.77. The standard InChI is InChI=1S/C9H14N2OS/c1-7-10-11-9(12-7)13-6-8-4-2-3-5-8/h8H,2-6H2,1H3. The molecule has 0 aliphatic heterocycles. The Morgan fingerprint density at radius 1 is 1.38 bits per heavy atom. The molecule has 1 aromatic heterocycles. The van der Waals surface area contributed by atoms with Gasteiger partial charge in [-0.1, -0.05) is 24.6 Å². The van der Waals surface area contributed by atoms with Crippen LogP contribution in [0.15, 0.2) is 9.64 Å². The lowest BCUT2D eigenvalue weighted by molar-refractivity contribution is 0.428. The van der Waals surface area contributed by atoms with Gasteiger partial charge < -0.3 is 4.42 Å². The highest BCUT2D eigenvalue weighted by molar-refractivity contribution is 7.99. The van der Waals surface area contributed by atoms with Gasteiger partial charge in [0.15, 0.2) is 0 Å². The van der Waals surface area contributed by atoms with Crippen LogP contribution in [0.3, 0.4) is 0 Å². The summed E-state index contributed by atoms with van der Waals surface area (Å²) in [7, 11) is 0. The van der Waals surface area contributed by atoms with Crippen LogP contribution >= 0.6 is 11.8 Å². The van der Waals surface area contributed by atoms with Gasteiger partial charge in [0.05, 0.1) is 0 Å². The zero-order valence-electron chi connectivity index (χ0n) is 7.82. The minimum absolute atomic E-state index is 0.661. The molecule has 3 nitrogen and oxygen atoms in total. The average molecular weight is 198 g/mol. The summed E-state index contributed by atoms with van der Waals surface area (Å²) >= 11 is 1.70. The van der Waals surface area contributed by atoms with E-state index in [0.717, 1.165) is 16.9 Å². The lowest BCUT2D eigenvalue weighted by atomic mass is 10.1. The van der Waals surface area contributed by atoms with Crippen molar-refractivity contribution in [1.82, 2.24) is 10.2 Å². The molecule has 1 aromatic rings. The van der Waals surface area contributed by atoms with E-state index in [0.29, 0.717) is 5.89 Å². The van der Waals surface area contributed by atoms with E-state index in [9.17, 15) is 0 Å². The highest BCUT2D eigenvalue weighted by Crippen LogP contribution is 2.30. The predicted molar refractivity (Wildman–Crippen MR) is 51.7 cm³/mol. The molecule has 4 heteroatoms. The molecule has 2 rings (SSSR count). The van der Waals surface area contributed by atoms with Crippen LogP contribution in [0.2, 0.25) is 0 Å². The molecule has 1 heterocycles. The Morgan fingerprint density at radius 2 is 2.15 bits per heavy atom. The first kappa shape index (κ1) is 9.06. The van der Waals surface area contributed by atoms with E-state index in [2.05, 4.69) is 10.2 Å². The maximum Gasteiger partial charge on any atom is 0.276 e. The normalized spacial score (nSPS) is 18.2. The van der Waals surface area contributed by atoms with Gasteiger partial charge >= 0.3 is 0 Å². The summed E-state index contributed by atoms with van der Waals surface area (Å²) in [6, 6.07) is 0. The second kappa shape index (κ2) is 4.13. The lowest BCUT2D eigenvalue weighted by Gasteiger charge is -2.04. The fourth-order valence-electron chi connectivity index (χ4n) is 1.70. The third-order valence-corrected chi connectivity index (χ3v) is 3.47. The van der Waals surface area contributed by atoms with Crippen molar-refractivity contribution in [3.63, 3.8) is 0 Å². The first-order valence-corrected chi connectivity index (χ1v) is 5.76. The molecule has 0 bridgehead atoms. The second-order valence-corrected chi connectivity index (χ2v) is 4.52. The van der Waals surface area contributed by atoms with Gasteiger partial charge in [-0.15, -0.1) is 10.2 Å². The lowest BCUT2D eigenvalue weighted by Crippen LogP contribution is -1.95. The summed E-state index contributed by atoms with van der Waals surface area (Å²) in [5, 5.41) is 8.47. The van der Waals surface area contributed by atoms with E-state index in [1.165, 1.54) is 25.7 Å². The molecule has 1 saturated carbocycles. The van der Waals surface area contributed by atoms with E-state index in [-0.39, 0.29) is 0 Å². The molecule has 0 atom stereocenters. The van der Waals surface area contributed by atoms with Crippen LogP contribution in [-0.4, -0.2) is 16.0 Å². The largest absolute Gasteiger partial charge is 0.416 e. The zero-order valence-corrected chi connectivity index (χ0v) is 8.64. The number of aryl methyl sites for hydroxylation is 1. The van der Waals surface area contributed by atoms with Crippen molar-refractivity contribution >= 4 is 11.8 Å². The molecule has 13 heavy (non-hydrogen) atoms. The molecule has 1 fully saturated rings. The van der Waals surface area contributed by atoms with Gasteiger partial charge in [-0.2, -0.15) is 0 Å². The fourth-order valence-corrected chi connectivity index (χ4v) is 2.69. The van der Waals surface area contributed by atoms with E-state index in [4.69, 9.17) is 4.42 Å². The van der Waals surface area contributed by atoms with Crippen LogP contribution in [0.4, 0.5) is 0 Å². The molecular weight excluding hydrogens is 184 g/mol. The van der Waals surface area contributed by atoms with Crippen molar-refractivity contribution < 1.29 is 4.42 Å². The number of hydrogen-bond donors (Lipinski definition) is 0. The smallest absolute Gasteiger partial charge is 0.276 e. The van der Waals surface area contributed by atoms with E-state index in [1.807, 2.05) is 6.92 Å². The van der Waals surface area contributed by atoms with Crippen LogP contribution in [-0.2, 0) is 0 Å². The van der Waals surface area contributed by atoms with Crippen LogP contribution in [0.1, 0.15) is 31.6 Å². The van der Waals surface area contributed by atoms with E-state index in [1.54, 1.807) is 11.8 Å². The quantitative estimate of drug-likeness (QED) is 0.700. The average Bonchev–Trinajstić information content (AvgIpc) is 2.71. The maximum atomic E-state index is 5.28. The second-order valence-electron chi connectivity index (χ2n) is 3.55. The number of nitrogens with zero attached hydrogens (tertiary/aromatic N) is 2. The Balaban J connectivity index is 1.78.